The van der Waals surface area contributed by atoms with Crippen LogP contribution < -0.4 is 0 Å². The smallest absolute Gasteiger partial charge is 0.126 e. The van der Waals surface area contributed by atoms with Crippen molar-refractivity contribution in [1.29, 1.82) is 0 Å². The van der Waals surface area contributed by atoms with Crippen molar-refractivity contribution in [3.8, 4) is 0 Å². The number of halogens is 2. The fourth-order valence-corrected chi connectivity index (χ4v) is 4.44. The Bertz CT molecular complexity index is 1180. The van der Waals surface area contributed by atoms with Gasteiger partial charge in [0.05, 0.1) is 0 Å². The lowest BCUT2D eigenvalue weighted by Crippen LogP contribution is -2.10. The third-order valence-electron chi connectivity index (χ3n) is 6.26. The van der Waals surface area contributed by atoms with Crippen LogP contribution in [0, 0.1) is 32.4 Å². The standard InChI is InChI=1S/C28H26F2/c1-17-8-9-21(14-19(17)3)26-16-23-7-5-6-18(2)28(23)20(4)25(26)12-10-22-15-24(29)11-13-27(22)30/h5-9,11,13-15H,4,10,12,16H2,1-3H3. The number of benzene rings is 3. The average molecular weight is 401 g/mol. The molecule has 1 aliphatic rings. The monoisotopic (exact) mass is 400 g/mol. The predicted octanol–water partition coefficient (Wildman–Crippen LogP) is 7.55. The van der Waals surface area contributed by atoms with E-state index in [1.807, 2.05) is 0 Å². The second kappa shape index (κ2) is 8.02. The minimum absolute atomic E-state index is 0.359. The number of aryl methyl sites for hydroxylation is 4. The first-order valence-electron chi connectivity index (χ1n) is 10.4. The maximum Gasteiger partial charge on any atom is 0.126 e. The van der Waals surface area contributed by atoms with Gasteiger partial charge in [0.15, 0.2) is 0 Å². The second-order valence-corrected chi connectivity index (χ2v) is 8.26. The van der Waals surface area contributed by atoms with Crippen LogP contribution in [0.25, 0.3) is 11.1 Å². The molecule has 4 rings (SSSR count). The van der Waals surface area contributed by atoms with Crippen LogP contribution in [0.4, 0.5) is 8.78 Å². The number of hydrogen-bond donors (Lipinski definition) is 0. The summed E-state index contributed by atoms with van der Waals surface area (Å²) in [7, 11) is 0. The Morgan fingerprint density at radius 1 is 0.833 bits per heavy atom. The molecule has 2 heteroatoms. The molecule has 0 spiro atoms. The molecular formula is C28H26F2. The summed E-state index contributed by atoms with van der Waals surface area (Å²) in [6.45, 7) is 10.8. The fraction of sp³-hybridized carbons (Fsp3) is 0.214. The number of hydrogen-bond acceptors (Lipinski definition) is 0. The van der Waals surface area contributed by atoms with Crippen LogP contribution in [0.1, 0.15) is 45.4 Å². The van der Waals surface area contributed by atoms with Crippen molar-refractivity contribution < 1.29 is 8.78 Å². The van der Waals surface area contributed by atoms with Crippen LogP contribution in [0.2, 0.25) is 0 Å². The van der Waals surface area contributed by atoms with Crippen molar-refractivity contribution in [2.75, 3.05) is 0 Å². The van der Waals surface area contributed by atoms with Gasteiger partial charge in [0.2, 0.25) is 0 Å². The summed E-state index contributed by atoms with van der Waals surface area (Å²) in [6.07, 6.45) is 1.88. The van der Waals surface area contributed by atoms with Gasteiger partial charge >= 0.3 is 0 Å². The van der Waals surface area contributed by atoms with Crippen LogP contribution >= 0.6 is 0 Å². The van der Waals surface area contributed by atoms with Gasteiger partial charge in [0, 0.05) is 0 Å². The molecule has 0 aromatic heterocycles. The first-order valence-corrected chi connectivity index (χ1v) is 10.4. The summed E-state index contributed by atoms with van der Waals surface area (Å²) in [4.78, 5) is 0. The predicted molar refractivity (Wildman–Crippen MR) is 121 cm³/mol. The first-order chi connectivity index (χ1) is 14.3. The fourth-order valence-electron chi connectivity index (χ4n) is 4.44. The Kier molecular flexibility index (Phi) is 5.42. The zero-order valence-electron chi connectivity index (χ0n) is 17.8. The lowest BCUT2D eigenvalue weighted by molar-refractivity contribution is 0.584. The largest absolute Gasteiger partial charge is 0.207 e. The van der Waals surface area contributed by atoms with Crippen molar-refractivity contribution in [3.05, 3.63) is 117 Å². The molecule has 152 valence electrons. The van der Waals surface area contributed by atoms with Crippen molar-refractivity contribution in [2.24, 2.45) is 0 Å². The van der Waals surface area contributed by atoms with Crippen LogP contribution in [-0.4, -0.2) is 0 Å². The van der Waals surface area contributed by atoms with Crippen molar-refractivity contribution in [3.63, 3.8) is 0 Å². The Labute approximate surface area is 177 Å². The molecule has 0 unspecified atom stereocenters. The highest BCUT2D eigenvalue weighted by atomic mass is 19.1. The minimum Gasteiger partial charge on any atom is -0.207 e. The normalized spacial score (nSPS) is 13.6. The van der Waals surface area contributed by atoms with Gasteiger partial charge in [-0.25, -0.2) is 8.78 Å². The van der Waals surface area contributed by atoms with E-state index < -0.39 is 5.82 Å². The van der Waals surface area contributed by atoms with Crippen LogP contribution in [0.3, 0.4) is 0 Å². The summed E-state index contributed by atoms with van der Waals surface area (Å²) in [5, 5.41) is 0. The third-order valence-corrected chi connectivity index (χ3v) is 6.26. The number of rotatable bonds is 4. The van der Waals surface area contributed by atoms with E-state index >= 15 is 0 Å². The Balaban J connectivity index is 1.80. The summed E-state index contributed by atoms with van der Waals surface area (Å²) >= 11 is 0. The summed E-state index contributed by atoms with van der Waals surface area (Å²) in [5.41, 5.74) is 11.1. The molecule has 0 amide bonds. The zero-order chi connectivity index (χ0) is 21.4. The van der Waals surface area contributed by atoms with Gasteiger partial charge in [-0.2, -0.15) is 0 Å². The molecule has 0 fully saturated rings. The third kappa shape index (κ3) is 3.75. The molecule has 0 saturated heterocycles. The molecule has 1 aliphatic carbocycles. The van der Waals surface area contributed by atoms with E-state index in [0.717, 1.165) is 23.6 Å². The van der Waals surface area contributed by atoms with E-state index in [4.69, 9.17) is 0 Å². The maximum absolute atomic E-state index is 14.2. The Morgan fingerprint density at radius 2 is 1.63 bits per heavy atom. The van der Waals surface area contributed by atoms with E-state index in [2.05, 4.69) is 63.7 Å². The molecule has 0 atom stereocenters. The summed E-state index contributed by atoms with van der Waals surface area (Å²) in [6, 6.07) is 16.6. The molecule has 0 radical (unpaired) electrons. The van der Waals surface area contributed by atoms with E-state index in [1.165, 1.54) is 51.1 Å². The highest BCUT2D eigenvalue weighted by molar-refractivity contribution is 5.94. The van der Waals surface area contributed by atoms with Crippen LogP contribution in [0.5, 0.6) is 0 Å². The molecule has 0 heterocycles. The van der Waals surface area contributed by atoms with E-state index in [1.54, 1.807) is 0 Å². The molecule has 0 saturated carbocycles. The van der Waals surface area contributed by atoms with Crippen molar-refractivity contribution in [1.82, 2.24) is 0 Å². The van der Waals surface area contributed by atoms with Crippen LogP contribution in [-0.2, 0) is 12.8 Å². The molecule has 0 aliphatic heterocycles. The SMILES string of the molecule is C=C1C(CCc2cc(F)ccc2F)=C(c2ccc(C)c(C)c2)Cc2cccc(C)c21. The molecule has 0 N–H and O–H groups in total. The molecule has 0 bridgehead atoms. The molecule has 30 heavy (non-hydrogen) atoms. The van der Waals surface area contributed by atoms with Gasteiger partial charge in [-0.1, -0.05) is 43.0 Å². The number of fused-ring (bicyclic) bond motifs is 1. The Hall–Kier alpha value is -3.00. The second-order valence-electron chi connectivity index (χ2n) is 8.26. The molecule has 3 aromatic rings. The topological polar surface area (TPSA) is 0 Å². The van der Waals surface area contributed by atoms with Crippen LogP contribution in [0.15, 0.2) is 66.7 Å². The lowest BCUT2D eigenvalue weighted by Gasteiger charge is -2.28. The first kappa shape index (κ1) is 20.3. The lowest BCUT2D eigenvalue weighted by atomic mass is 9.76. The quantitative estimate of drug-likeness (QED) is 0.424. The van der Waals surface area contributed by atoms with Gasteiger partial charge in [0.1, 0.15) is 11.6 Å². The van der Waals surface area contributed by atoms with Gasteiger partial charge in [-0.05, 0) is 114 Å². The summed E-state index contributed by atoms with van der Waals surface area (Å²) < 4.78 is 27.9. The van der Waals surface area contributed by atoms with E-state index in [0.29, 0.717) is 18.4 Å². The Morgan fingerprint density at radius 3 is 2.40 bits per heavy atom. The minimum atomic E-state index is -0.404. The molecule has 3 aromatic carbocycles. The van der Waals surface area contributed by atoms with E-state index in [-0.39, 0.29) is 5.82 Å². The average Bonchev–Trinajstić information content (AvgIpc) is 2.71. The number of allylic oxidation sites excluding steroid dienone is 3. The van der Waals surface area contributed by atoms with Crippen molar-refractivity contribution >= 4 is 11.1 Å². The van der Waals surface area contributed by atoms with Gasteiger partial charge in [-0.3, -0.25) is 0 Å². The molecule has 0 nitrogen and oxygen atoms in total. The van der Waals surface area contributed by atoms with Gasteiger partial charge in [0.25, 0.3) is 0 Å². The maximum atomic E-state index is 14.2. The van der Waals surface area contributed by atoms with Gasteiger partial charge < -0.3 is 0 Å². The molecular weight excluding hydrogens is 374 g/mol. The van der Waals surface area contributed by atoms with Crippen molar-refractivity contribution in [2.45, 2.75) is 40.0 Å². The highest BCUT2D eigenvalue weighted by Gasteiger charge is 2.24. The highest BCUT2D eigenvalue weighted by Crippen LogP contribution is 2.42. The van der Waals surface area contributed by atoms with E-state index in [9.17, 15) is 8.78 Å². The zero-order valence-corrected chi connectivity index (χ0v) is 17.8. The van der Waals surface area contributed by atoms with Gasteiger partial charge in [-0.15, -0.1) is 0 Å². The summed E-state index contributed by atoms with van der Waals surface area (Å²) in [5.74, 6) is -0.763.